The van der Waals surface area contributed by atoms with Crippen LogP contribution in [-0.2, 0) is 0 Å². The molecule has 0 amide bonds. The van der Waals surface area contributed by atoms with Gasteiger partial charge in [-0.05, 0) is 98.2 Å². The summed E-state index contributed by atoms with van der Waals surface area (Å²) in [4.78, 5) is 0. The van der Waals surface area contributed by atoms with Gasteiger partial charge in [-0.3, -0.25) is 0 Å². The lowest BCUT2D eigenvalue weighted by atomic mass is 9.47. The minimum Gasteiger partial charge on any atom is -0.0845 e. The fraction of sp³-hybridized carbons (Fsp3) is 0.947. The molecular weight excluding hydrogens is 456 g/mol. The fourth-order valence-electron chi connectivity index (χ4n) is 9.66. The molecule has 0 saturated heterocycles. The van der Waals surface area contributed by atoms with Gasteiger partial charge >= 0.3 is 0 Å². The van der Waals surface area contributed by atoms with Gasteiger partial charge in [-0.25, -0.2) is 0 Å². The van der Waals surface area contributed by atoms with E-state index in [0.29, 0.717) is 10.8 Å². The van der Waals surface area contributed by atoms with Crippen molar-refractivity contribution in [3.63, 3.8) is 0 Å². The van der Waals surface area contributed by atoms with Crippen LogP contribution in [0.25, 0.3) is 0 Å². The van der Waals surface area contributed by atoms with E-state index in [4.69, 9.17) is 0 Å². The van der Waals surface area contributed by atoms with E-state index >= 15 is 0 Å². The van der Waals surface area contributed by atoms with Crippen LogP contribution < -0.4 is 0 Å². The first-order valence-electron chi connectivity index (χ1n) is 18.2. The van der Waals surface area contributed by atoms with E-state index in [0.717, 1.165) is 29.6 Å². The normalized spacial score (nSPS) is 35.5. The zero-order chi connectivity index (χ0) is 28.0. The van der Waals surface area contributed by atoms with Gasteiger partial charge < -0.3 is 0 Å². The third kappa shape index (κ3) is 8.38. The molecule has 0 aliphatic heterocycles. The predicted octanol–water partition coefficient (Wildman–Crippen LogP) is 13.3. The van der Waals surface area contributed by atoms with Crippen LogP contribution in [0.1, 0.15) is 190 Å². The Morgan fingerprint density at radius 2 is 1.26 bits per heavy atom. The maximum absolute atomic E-state index is 2.76. The molecule has 4 aliphatic rings. The van der Waals surface area contributed by atoms with Gasteiger partial charge in [-0.1, -0.05) is 144 Å². The van der Waals surface area contributed by atoms with Crippen LogP contribution in [0, 0.1) is 40.4 Å². The van der Waals surface area contributed by atoms with Crippen molar-refractivity contribution in [3.8, 4) is 0 Å². The highest BCUT2D eigenvalue weighted by atomic mass is 14.6. The summed E-state index contributed by atoms with van der Waals surface area (Å²) in [5, 5.41) is 0. The van der Waals surface area contributed by atoms with Gasteiger partial charge in [0.1, 0.15) is 0 Å². The molecule has 0 bridgehead atoms. The van der Waals surface area contributed by atoms with Gasteiger partial charge in [0.15, 0.2) is 0 Å². The zero-order valence-electron chi connectivity index (χ0n) is 27.8. The number of unbranched alkanes of at least 4 members (excludes halogenated alkanes) is 11. The first kappa shape index (κ1) is 33.9. The first-order chi connectivity index (χ1) is 18.5. The average molecular weight is 529 g/mol. The summed E-state index contributed by atoms with van der Waals surface area (Å²) in [5.74, 6) is 5.00. The van der Waals surface area contributed by atoms with Crippen LogP contribution in [0.3, 0.4) is 0 Å². The maximum atomic E-state index is 2.76. The van der Waals surface area contributed by atoms with Crippen molar-refractivity contribution in [2.24, 2.45) is 40.4 Å². The SMILES string of the molecule is CC.CC.CCCCCCCCCCCCCC[C@H]1CC[C@H]2C3CC=C4CC(C)CC[C@]4(C)[C@H]3CC[C@]12C. The number of allylic oxidation sites excluding steroid dienone is 2. The van der Waals surface area contributed by atoms with E-state index in [1.54, 1.807) is 19.3 Å². The molecule has 4 rings (SSSR count). The lowest BCUT2D eigenvalue weighted by molar-refractivity contribution is -0.0450. The number of fused-ring (bicyclic) bond motifs is 5. The summed E-state index contributed by atoms with van der Waals surface area (Å²) < 4.78 is 0. The van der Waals surface area contributed by atoms with Gasteiger partial charge in [0.25, 0.3) is 0 Å². The lowest BCUT2D eigenvalue weighted by Crippen LogP contribution is -2.49. The molecule has 7 atom stereocenters. The highest BCUT2D eigenvalue weighted by molar-refractivity contribution is 5.25. The lowest BCUT2D eigenvalue weighted by Gasteiger charge is -2.58. The molecular formula is C38H72. The Balaban J connectivity index is 0.00000121. The van der Waals surface area contributed by atoms with Crippen LogP contribution in [-0.4, -0.2) is 0 Å². The Labute approximate surface area is 242 Å². The molecule has 3 saturated carbocycles. The van der Waals surface area contributed by atoms with E-state index in [-0.39, 0.29) is 0 Å². The average Bonchev–Trinajstić information content (AvgIpc) is 3.28. The molecule has 0 spiro atoms. The quantitative estimate of drug-likeness (QED) is 0.165. The van der Waals surface area contributed by atoms with Crippen molar-refractivity contribution >= 4 is 0 Å². The molecule has 0 aromatic rings. The Hall–Kier alpha value is -0.260. The molecule has 0 nitrogen and oxygen atoms in total. The van der Waals surface area contributed by atoms with E-state index < -0.39 is 0 Å². The molecule has 0 heteroatoms. The smallest absolute Gasteiger partial charge is 0.00851 e. The first-order valence-corrected chi connectivity index (χ1v) is 18.2. The van der Waals surface area contributed by atoms with Crippen molar-refractivity contribution in [2.75, 3.05) is 0 Å². The topological polar surface area (TPSA) is 0 Å². The summed E-state index contributed by atoms with van der Waals surface area (Å²) in [5.41, 5.74) is 3.11. The van der Waals surface area contributed by atoms with Crippen molar-refractivity contribution < 1.29 is 0 Å². The van der Waals surface area contributed by atoms with Crippen LogP contribution in [0.4, 0.5) is 0 Å². The van der Waals surface area contributed by atoms with Crippen LogP contribution >= 0.6 is 0 Å². The summed E-state index contributed by atoms with van der Waals surface area (Å²) in [6, 6.07) is 0. The predicted molar refractivity (Wildman–Crippen MR) is 173 cm³/mol. The second-order valence-electron chi connectivity index (χ2n) is 14.1. The molecule has 38 heavy (non-hydrogen) atoms. The Morgan fingerprint density at radius 1 is 0.684 bits per heavy atom. The standard InChI is InChI=1S/C34H60.2C2H6/c1-5-6-7-8-9-10-11-12-13-14-15-16-17-28-19-21-31-30-20-18-29-26-27(2)22-24-34(29,4)32(30)23-25-33(28,31)3;2*1-2/h18,27-28,30-32H,5-17,19-26H2,1-4H3;2*1-2H3/t27?,28-,30?,31-,32-,33+,34-;;/m0../s1. The molecule has 4 aliphatic carbocycles. The highest BCUT2D eigenvalue weighted by Crippen LogP contribution is 2.67. The molecule has 0 heterocycles. The van der Waals surface area contributed by atoms with Gasteiger partial charge in [0, 0.05) is 0 Å². The van der Waals surface area contributed by atoms with E-state index in [9.17, 15) is 0 Å². The van der Waals surface area contributed by atoms with Crippen molar-refractivity contribution in [2.45, 2.75) is 190 Å². The Morgan fingerprint density at radius 3 is 1.87 bits per heavy atom. The molecule has 0 aromatic carbocycles. The summed E-state index contributed by atoms with van der Waals surface area (Å²) in [6.07, 6.45) is 34.0. The van der Waals surface area contributed by atoms with Crippen LogP contribution in [0.2, 0.25) is 0 Å². The Bertz CT molecular complexity index is 644. The Kier molecular flexibility index (Phi) is 15.7. The number of hydrogen-bond donors (Lipinski definition) is 0. The molecule has 3 fully saturated rings. The van der Waals surface area contributed by atoms with E-state index in [2.05, 4.69) is 33.8 Å². The molecule has 2 unspecified atom stereocenters. The summed E-state index contributed by atoms with van der Waals surface area (Å²) in [6.45, 7) is 18.2. The molecule has 0 N–H and O–H groups in total. The summed E-state index contributed by atoms with van der Waals surface area (Å²) in [7, 11) is 0. The zero-order valence-corrected chi connectivity index (χ0v) is 27.8. The maximum Gasteiger partial charge on any atom is -0.00851 e. The summed E-state index contributed by atoms with van der Waals surface area (Å²) >= 11 is 0. The van der Waals surface area contributed by atoms with Crippen LogP contribution in [0.15, 0.2) is 11.6 Å². The second-order valence-corrected chi connectivity index (χ2v) is 14.1. The minimum absolute atomic E-state index is 0.560. The molecule has 0 aromatic heterocycles. The van der Waals surface area contributed by atoms with Crippen molar-refractivity contribution in [3.05, 3.63) is 11.6 Å². The fourth-order valence-corrected chi connectivity index (χ4v) is 9.66. The molecule has 224 valence electrons. The number of hydrogen-bond acceptors (Lipinski definition) is 0. The van der Waals surface area contributed by atoms with Gasteiger partial charge in [-0.2, -0.15) is 0 Å². The third-order valence-corrected chi connectivity index (χ3v) is 12.0. The third-order valence-electron chi connectivity index (χ3n) is 12.0. The largest absolute Gasteiger partial charge is 0.0845 e. The monoisotopic (exact) mass is 529 g/mol. The second kappa shape index (κ2) is 17.5. The van der Waals surface area contributed by atoms with Crippen molar-refractivity contribution in [1.82, 2.24) is 0 Å². The van der Waals surface area contributed by atoms with E-state index in [1.165, 1.54) is 116 Å². The van der Waals surface area contributed by atoms with Crippen LogP contribution in [0.5, 0.6) is 0 Å². The van der Waals surface area contributed by atoms with Gasteiger partial charge in [0.2, 0.25) is 0 Å². The highest BCUT2D eigenvalue weighted by Gasteiger charge is 2.58. The van der Waals surface area contributed by atoms with Crippen molar-refractivity contribution in [1.29, 1.82) is 0 Å². The minimum atomic E-state index is 0.560. The van der Waals surface area contributed by atoms with E-state index in [1.807, 2.05) is 33.3 Å². The van der Waals surface area contributed by atoms with Gasteiger partial charge in [-0.15, -0.1) is 0 Å². The number of rotatable bonds is 13. The molecule has 0 radical (unpaired) electrons. The van der Waals surface area contributed by atoms with Gasteiger partial charge in [0.05, 0.1) is 0 Å².